The molecule has 0 amide bonds. The Balaban J connectivity index is 1.79. The Morgan fingerprint density at radius 3 is 2.61 bits per heavy atom. The molecule has 0 radical (unpaired) electrons. The van der Waals surface area contributed by atoms with Crippen molar-refractivity contribution in [2.45, 2.75) is 6.61 Å². The molecule has 90 valence electrons. The minimum Gasteiger partial charge on any atom is -0.484 e. The number of hydrogen-bond acceptors (Lipinski definition) is 2. The van der Waals surface area contributed by atoms with Crippen molar-refractivity contribution in [3.8, 4) is 5.75 Å². The van der Waals surface area contributed by atoms with E-state index in [-0.39, 0.29) is 0 Å². The average molecular weight is 259 g/mol. The van der Waals surface area contributed by atoms with Crippen LogP contribution in [0.15, 0.2) is 59.0 Å². The van der Waals surface area contributed by atoms with Crippen LogP contribution >= 0.6 is 11.6 Å². The van der Waals surface area contributed by atoms with Crippen molar-refractivity contribution >= 4 is 22.6 Å². The third-order valence-electron chi connectivity index (χ3n) is 2.68. The highest BCUT2D eigenvalue weighted by Crippen LogP contribution is 2.25. The van der Waals surface area contributed by atoms with Crippen LogP contribution in [-0.2, 0) is 6.61 Å². The van der Waals surface area contributed by atoms with Crippen molar-refractivity contribution in [3.05, 3.63) is 65.4 Å². The molecule has 0 aliphatic carbocycles. The molecular weight excluding hydrogens is 248 g/mol. The van der Waals surface area contributed by atoms with Crippen LogP contribution in [0.25, 0.3) is 11.0 Å². The lowest BCUT2D eigenvalue weighted by Gasteiger charge is -2.05. The van der Waals surface area contributed by atoms with E-state index in [4.69, 9.17) is 20.8 Å². The van der Waals surface area contributed by atoms with Crippen molar-refractivity contribution < 1.29 is 9.15 Å². The maximum Gasteiger partial charge on any atom is 0.146 e. The molecular formula is C15H11ClO2. The molecule has 0 unspecified atom stereocenters. The second kappa shape index (κ2) is 4.75. The van der Waals surface area contributed by atoms with Crippen molar-refractivity contribution in [2.24, 2.45) is 0 Å². The Hall–Kier alpha value is -1.93. The van der Waals surface area contributed by atoms with Crippen LogP contribution in [0.4, 0.5) is 0 Å². The highest BCUT2D eigenvalue weighted by atomic mass is 35.5. The molecule has 0 aliphatic rings. The maximum absolute atomic E-state index is 6.01. The normalized spacial score (nSPS) is 10.7. The molecule has 0 atom stereocenters. The first-order chi connectivity index (χ1) is 8.83. The fourth-order valence-corrected chi connectivity index (χ4v) is 2.01. The number of hydrogen-bond donors (Lipinski definition) is 0. The summed E-state index contributed by atoms with van der Waals surface area (Å²) in [5.41, 5.74) is 0.871. The summed E-state index contributed by atoms with van der Waals surface area (Å²) in [6.07, 6.45) is 0. The number of furan rings is 1. The van der Waals surface area contributed by atoms with Crippen LogP contribution in [0, 0.1) is 0 Å². The zero-order valence-corrected chi connectivity index (χ0v) is 10.4. The van der Waals surface area contributed by atoms with Crippen molar-refractivity contribution in [2.75, 3.05) is 0 Å². The van der Waals surface area contributed by atoms with Crippen LogP contribution in [0.3, 0.4) is 0 Å². The molecule has 3 rings (SSSR count). The van der Waals surface area contributed by atoms with E-state index in [1.165, 1.54) is 0 Å². The largest absolute Gasteiger partial charge is 0.484 e. The first-order valence-electron chi connectivity index (χ1n) is 5.68. The van der Waals surface area contributed by atoms with Gasteiger partial charge < -0.3 is 9.15 Å². The fraction of sp³-hybridized carbons (Fsp3) is 0.0667. The molecule has 0 fully saturated rings. The smallest absolute Gasteiger partial charge is 0.146 e. The highest BCUT2D eigenvalue weighted by molar-refractivity contribution is 6.32. The molecule has 2 aromatic carbocycles. The van der Waals surface area contributed by atoms with Gasteiger partial charge in [-0.3, -0.25) is 0 Å². The predicted molar refractivity (Wildman–Crippen MR) is 72.0 cm³/mol. The second-order valence-corrected chi connectivity index (χ2v) is 4.38. The van der Waals surface area contributed by atoms with Crippen LogP contribution in [0.5, 0.6) is 5.75 Å². The molecule has 3 aromatic rings. The minimum atomic E-state index is 0.373. The predicted octanol–water partition coefficient (Wildman–Crippen LogP) is 4.67. The van der Waals surface area contributed by atoms with Crippen LogP contribution in [0.2, 0.25) is 5.02 Å². The monoisotopic (exact) mass is 258 g/mol. The lowest BCUT2D eigenvalue weighted by Crippen LogP contribution is -1.93. The Labute approximate surface area is 110 Å². The van der Waals surface area contributed by atoms with Crippen molar-refractivity contribution in [1.29, 1.82) is 0 Å². The number of ether oxygens (including phenoxy) is 1. The standard InChI is InChI=1S/C15H11ClO2/c16-13-6-2-4-8-15(13)17-10-12-9-11-5-1-3-7-14(11)18-12/h1-9H,10H2. The van der Waals surface area contributed by atoms with E-state index in [1.54, 1.807) is 6.07 Å². The zero-order chi connectivity index (χ0) is 12.4. The number of rotatable bonds is 3. The van der Waals surface area contributed by atoms with E-state index < -0.39 is 0 Å². The molecule has 0 spiro atoms. The Morgan fingerprint density at radius 2 is 1.78 bits per heavy atom. The van der Waals surface area contributed by atoms with Gasteiger partial charge in [-0.1, -0.05) is 41.9 Å². The van der Waals surface area contributed by atoms with E-state index in [0.29, 0.717) is 17.4 Å². The van der Waals surface area contributed by atoms with Crippen molar-refractivity contribution in [3.63, 3.8) is 0 Å². The molecule has 0 saturated carbocycles. The summed E-state index contributed by atoms with van der Waals surface area (Å²) in [4.78, 5) is 0. The molecule has 0 saturated heterocycles. The second-order valence-electron chi connectivity index (χ2n) is 3.97. The lowest BCUT2D eigenvalue weighted by atomic mass is 10.2. The summed E-state index contributed by atoms with van der Waals surface area (Å²) in [6.45, 7) is 0.373. The molecule has 1 aromatic heterocycles. The summed E-state index contributed by atoms with van der Waals surface area (Å²) in [7, 11) is 0. The van der Waals surface area contributed by atoms with Crippen LogP contribution < -0.4 is 4.74 Å². The van der Waals surface area contributed by atoms with Gasteiger partial charge in [-0.2, -0.15) is 0 Å². The minimum absolute atomic E-state index is 0.373. The van der Waals surface area contributed by atoms with E-state index in [1.807, 2.05) is 48.5 Å². The average Bonchev–Trinajstić information content (AvgIpc) is 2.80. The van der Waals surface area contributed by atoms with Crippen LogP contribution in [0.1, 0.15) is 5.76 Å². The van der Waals surface area contributed by atoms with Gasteiger partial charge in [0.05, 0.1) is 5.02 Å². The number of halogens is 1. The number of benzene rings is 2. The molecule has 0 N–H and O–H groups in total. The lowest BCUT2D eigenvalue weighted by molar-refractivity contribution is 0.274. The highest BCUT2D eigenvalue weighted by Gasteiger charge is 2.05. The zero-order valence-electron chi connectivity index (χ0n) is 9.60. The molecule has 3 heteroatoms. The first kappa shape index (κ1) is 11.2. The SMILES string of the molecule is Clc1ccccc1OCc1cc2ccccc2o1. The van der Waals surface area contributed by atoms with E-state index in [0.717, 1.165) is 16.7 Å². The molecule has 0 bridgehead atoms. The Bertz CT molecular complexity index is 640. The summed E-state index contributed by atoms with van der Waals surface area (Å²) in [5, 5.41) is 1.68. The topological polar surface area (TPSA) is 22.4 Å². The van der Waals surface area contributed by atoms with Gasteiger partial charge in [-0.05, 0) is 24.3 Å². The van der Waals surface area contributed by atoms with Gasteiger partial charge >= 0.3 is 0 Å². The number of para-hydroxylation sites is 2. The van der Waals surface area contributed by atoms with Crippen LogP contribution in [-0.4, -0.2) is 0 Å². The van der Waals surface area contributed by atoms with Gasteiger partial charge in [0.2, 0.25) is 0 Å². The van der Waals surface area contributed by atoms with Gasteiger partial charge in [0.1, 0.15) is 23.7 Å². The van der Waals surface area contributed by atoms with E-state index in [2.05, 4.69) is 0 Å². The van der Waals surface area contributed by atoms with Gasteiger partial charge in [-0.15, -0.1) is 0 Å². The van der Waals surface area contributed by atoms with Crippen molar-refractivity contribution in [1.82, 2.24) is 0 Å². The molecule has 2 nitrogen and oxygen atoms in total. The summed E-state index contributed by atoms with van der Waals surface area (Å²) in [5.74, 6) is 1.45. The Morgan fingerprint density at radius 1 is 1.00 bits per heavy atom. The summed E-state index contributed by atoms with van der Waals surface area (Å²) >= 11 is 6.01. The van der Waals surface area contributed by atoms with E-state index in [9.17, 15) is 0 Å². The number of fused-ring (bicyclic) bond motifs is 1. The maximum atomic E-state index is 6.01. The quantitative estimate of drug-likeness (QED) is 0.681. The van der Waals surface area contributed by atoms with Gasteiger partial charge in [0, 0.05) is 5.39 Å². The van der Waals surface area contributed by atoms with Gasteiger partial charge in [0.15, 0.2) is 0 Å². The fourth-order valence-electron chi connectivity index (χ4n) is 1.82. The summed E-state index contributed by atoms with van der Waals surface area (Å²) in [6, 6.07) is 17.3. The molecule has 18 heavy (non-hydrogen) atoms. The van der Waals surface area contributed by atoms with Gasteiger partial charge in [-0.25, -0.2) is 0 Å². The third kappa shape index (κ3) is 2.20. The van der Waals surface area contributed by atoms with Gasteiger partial charge in [0.25, 0.3) is 0 Å². The Kier molecular flexibility index (Phi) is 2.95. The first-order valence-corrected chi connectivity index (χ1v) is 6.05. The molecule has 0 aliphatic heterocycles. The third-order valence-corrected chi connectivity index (χ3v) is 3.00. The van der Waals surface area contributed by atoms with E-state index >= 15 is 0 Å². The molecule has 1 heterocycles. The summed E-state index contributed by atoms with van der Waals surface area (Å²) < 4.78 is 11.3.